The summed E-state index contributed by atoms with van der Waals surface area (Å²) in [5.74, 6) is 0.883. The van der Waals surface area contributed by atoms with Crippen molar-refractivity contribution in [3.63, 3.8) is 0 Å². The third-order valence-corrected chi connectivity index (χ3v) is 4.17. The van der Waals surface area contributed by atoms with Gasteiger partial charge in [0, 0.05) is 38.1 Å². The number of amides is 2. The van der Waals surface area contributed by atoms with E-state index in [2.05, 4.69) is 31.4 Å². The van der Waals surface area contributed by atoms with Crippen LogP contribution in [0.5, 0.6) is 0 Å². The van der Waals surface area contributed by atoms with Crippen LogP contribution in [0.4, 0.5) is 4.79 Å². The highest BCUT2D eigenvalue weighted by molar-refractivity contribution is 5.73. The molecule has 116 valence electrons. The lowest BCUT2D eigenvalue weighted by Gasteiger charge is -2.31. The predicted molar refractivity (Wildman–Crippen MR) is 77.6 cm³/mol. The highest BCUT2D eigenvalue weighted by atomic mass is 16.5. The second-order valence-electron chi connectivity index (χ2n) is 7.03. The molecule has 0 radical (unpaired) electrons. The van der Waals surface area contributed by atoms with Crippen LogP contribution in [0.25, 0.3) is 0 Å². The summed E-state index contributed by atoms with van der Waals surface area (Å²) >= 11 is 0. The van der Waals surface area contributed by atoms with Gasteiger partial charge < -0.3 is 20.1 Å². The summed E-state index contributed by atoms with van der Waals surface area (Å²) in [6.45, 7) is 10.4. The maximum absolute atomic E-state index is 11.8. The largest absolute Gasteiger partial charge is 0.381 e. The van der Waals surface area contributed by atoms with E-state index in [1.165, 1.54) is 0 Å². The molecule has 5 heteroatoms. The molecule has 2 saturated heterocycles. The van der Waals surface area contributed by atoms with Gasteiger partial charge in [0.25, 0.3) is 0 Å². The van der Waals surface area contributed by atoms with Crippen molar-refractivity contribution in [3.05, 3.63) is 0 Å². The van der Waals surface area contributed by atoms with E-state index < -0.39 is 0 Å². The molecule has 0 aromatic heterocycles. The van der Waals surface area contributed by atoms with Gasteiger partial charge in [-0.2, -0.15) is 0 Å². The van der Waals surface area contributed by atoms with E-state index in [1.54, 1.807) is 0 Å². The van der Waals surface area contributed by atoms with Crippen LogP contribution in [-0.4, -0.2) is 45.0 Å². The third-order valence-electron chi connectivity index (χ3n) is 4.17. The highest BCUT2D eigenvalue weighted by Gasteiger charge is 2.37. The summed E-state index contributed by atoms with van der Waals surface area (Å²) in [5, 5.41) is 5.91. The van der Waals surface area contributed by atoms with Gasteiger partial charge in [-0.05, 0) is 18.3 Å². The van der Waals surface area contributed by atoms with Gasteiger partial charge in [0.1, 0.15) is 0 Å². The molecule has 2 aliphatic heterocycles. The minimum Gasteiger partial charge on any atom is -0.381 e. The fraction of sp³-hybridized carbons (Fsp3) is 0.933. The monoisotopic (exact) mass is 284 g/mol. The first kappa shape index (κ1) is 15.6. The van der Waals surface area contributed by atoms with E-state index in [9.17, 15) is 4.79 Å². The molecule has 2 aliphatic rings. The standard InChI is InChI=1S/C15H28N2O3/c1-15(2,3)13-12(5-7-20-13)9-17-14(18)16-8-11-4-6-19-10-11/h11-13H,4-10H2,1-3H3,(H2,16,17,18)/t11?,12-,13+/m1/s1. The van der Waals surface area contributed by atoms with Gasteiger partial charge in [0.2, 0.25) is 0 Å². The second kappa shape index (κ2) is 6.76. The van der Waals surface area contributed by atoms with Crippen molar-refractivity contribution in [3.8, 4) is 0 Å². The molecule has 3 atom stereocenters. The zero-order valence-electron chi connectivity index (χ0n) is 12.9. The van der Waals surface area contributed by atoms with Crippen LogP contribution >= 0.6 is 0 Å². The number of rotatable bonds is 4. The zero-order chi connectivity index (χ0) is 14.6. The Labute approximate surface area is 121 Å². The lowest BCUT2D eigenvalue weighted by atomic mass is 9.81. The maximum Gasteiger partial charge on any atom is 0.314 e. The average molecular weight is 284 g/mol. The van der Waals surface area contributed by atoms with Gasteiger partial charge >= 0.3 is 6.03 Å². The number of hydrogen-bond donors (Lipinski definition) is 2. The quantitative estimate of drug-likeness (QED) is 0.827. The molecule has 0 aromatic rings. The van der Waals surface area contributed by atoms with Crippen LogP contribution in [-0.2, 0) is 9.47 Å². The van der Waals surface area contributed by atoms with Crippen LogP contribution in [0.1, 0.15) is 33.6 Å². The second-order valence-corrected chi connectivity index (χ2v) is 7.03. The third kappa shape index (κ3) is 4.35. The molecule has 0 spiro atoms. The smallest absolute Gasteiger partial charge is 0.314 e. The Kier molecular flexibility index (Phi) is 5.27. The van der Waals surface area contributed by atoms with Crippen molar-refractivity contribution in [2.75, 3.05) is 32.9 Å². The van der Waals surface area contributed by atoms with Crippen molar-refractivity contribution >= 4 is 6.03 Å². The van der Waals surface area contributed by atoms with Crippen LogP contribution in [0.15, 0.2) is 0 Å². The Morgan fingerprint density at radius 1 is 1.15 bits per heavy atom. The van der Waals surface area contributed by atoms with Crippen molar-refractivity contribution in [2.45, 2.75) is 39.7 Å². The van der Waals surface area contributed by atoms with E-state index in [4.69, 9.17) is 9.47 Å². The van der Waals surface area contributed by atoms with E-state index >= 15 is 0 Å². The minimum atomic E-state index is -0.0727. The van der Waals surface area contributed by atoms with E-state index in [0.717, 1.165) is 32.7 Å². The number of nitrogens with one attached hydrogen (secondary N) is 2. The van der Waals surface area contributed by atoms with Crippen molar-refractivity contribution in [1.82, 2.24) is 10.6 Å². The summed E-state index contributed by atoms with van der Waals surface area (Å²) in [6.07, 6.45) is 2.30. The van der Waals surface area contributed by atoms with Gasteiger partial charge in [-0.1, -0.05) is 20.8 Å². The van der Waals surface area contributed by atoms with Crippen molar-refractivity contribution in [2.24, 2.45) is 17.3 Å². The Balaban J connectivity index is 1.67. The van der Waals surface area contributed by atoms with Gasteiger partial charge in [0.15, 0.2) is 0 Å². The van der Waals surface area contributed by atoms with Crippen LogP contribution in [0.2, 0.25) is 0 Å². The Morgan fingerprint density at radius 2 is 1.90 bits per heavy atom. The highest BCUT2D eigenvalue weighted by Crippen LogP contribution is 2.34. The summed E-state index contributed by atoms with van der Waals surface area (Å²) < 4.78 is 11.1. The zero-order valence-corrected chi connectivity index (χ0v) is 12.9. The molecular formula is C15H28N2O3. The number of carbonyl (C=O) groups is 1. The summed E-state index contributed by atoms with van der Waals surface area (Å²) in [7, 11) is 0. The van der Waals surface area contributed by atoms with Gasteiger partial charge in [-0.3, -0.25) is 0 Å². The molecule has 0 aliphatic carbocycles. The molecule has 0 bridgehead atoms. The number of carbonyl (C=O) groups excluding carboxylic acids is 1. The summed E-state index contributed by atoms with van der Waals surface area (Å²) in [4.78, 5) is 11.8. The van der Waals surface area contributed by atoms with E-state index in [1.807, 2.05) is 0 Å². The first-order chi connectivity index (χ1) is 9.47. The van der Waals surface area contributed by atoms with Crippen molar-refractivity contribution in [1.29, 1.82) is 0 Å². The lowest BCUT2D eigenvalue weighted by molar-refractivity contribution is 0.00774. The van der Waals surface area contributed by atoms with Crippen LogP contribution < -0.4 is 10.6 Å². The first-order valence-electron chi connectivity index (χ1n) is 7.68. The SMILES string of the molecule is CC(C)(C)[C@H]1OCC[C@@H]1CNC(=O)NCC1CCOC1. The number of ether oxygens (including phenoxy) is 2. The molecule has 20 heavy (non-hydrogen) atoms. The molecule has 2 fully saturated rings. The normalized spacial score (nSPS) is 30.4. The Morgan fingerprint density at radius 3 is 2.55 bits per heavy atom. The molecular weight excluding hydrogens is 256 g/mol. The summed E-state index contributed by atoms with van der Waals surface area (Å²) in [5.41, 5.74) is 0.126. The molecule has 0 saturated carbocycles. The van der Waals surface area contributed by atoms with Gasteiger partial charge in [0.05, 0.1) is 12.7 Å². The Hall–Kier alpha value is -0.810. The van der Waals surface area contributed by atoms with Gasteiger partial charge in [-0.15, -0.1) is 0 Å². The molecule has 1 unspecified atom stereocenters. The van der Waals surface area contributed by atoms with Gasteiger partial charge in [-0.25, -0.2) is 4.79 Å². The minimum absolute atomic E-state index is 0.0727. The van der Waals surface area contributed by atoms with E-state index in [-0.39, 0.29) is 17.6 Å². The topological polar surface area (TPSA) is 59.6 Å². The average Bonchev–Trinajstić information content (AvgIpc) is 3.03. The predicted octanol–water partition coefficient (Wildman–Crippen LogP) is 1.77. The fourth-order valence-corrected chi connectivity index (χ4v) is 3.07. The molecule has 2 heterocycles. The molecule has 5 nitrogen and oxygen atoms in total. The maximum atomic E-state index is 11.8. The molecule has 2 N–H and O–H groups in total. The number of urea groups is 1. The molecule has 0 aromatic carbocycles. The van der Waals surface area contributed by atoms with Crippen LogP contribution in [0.3, 0.4) is 0 Å². The first-order valence-corrected chi connectivity index (χ1v) is 7.68. The lowest BCUT2D eigenvalue weighted by Crippen LogP contribution is -2.43. The van der Waals surface area contributed by atoms with Crippen molar-refractivity contribution < 1.29 is 14.3 Å². The molecule has 2 amide bonds. The Bertz CT molecular complexity index is 322. The number of hydrogen-bond acceptors (Lipinski definition) is 3. The molecule has 2 rings (SSSR count). The fourth-order valence-electron chi connectivity index (χ4n) is 3.07. The van der Waals surface area contributed by atoms with Crippen LogP contribution in [0, 0.1) is 17.3 Å². The van der Waals surface area contributed by atoms with E-state index in [0.29, 0.717) is 24.9 Å². The summed E-state index contributed by atoms with van der Waals surface area (Å²) in [6, 6.07) is -0.0727.